The number of hydrogen-bond donors (Lipinski definition) is 3. The number of unbranched alkanes of at least 4 members (excludes halogenated alkanes) is 5. The van der Waals surface area contributed by atoms with Crippen molar-refractivity contribution < 1.29 is 5.11 Å². The average Bonchev–Trinajstić information content (AvgIpc) is 2.54. The monoisotopic (exact) mass is 433 g/mol. The van der Waals surface area contributed by atoms with Crippen molar-refractivity contribution in [2.75, 3.05) is 13.1 Å². The first-order valence-electron chi connectivity index (χ1n) is 8.48. The highest BCUT2D eigenvalue weighted by Crippen LogP contribution is 2.05. The van der Waals surface area contributed by atoms with Gasteiger partial charge < -0.3 is 16.2 Å². The zero-order valence-corrected chi connectivity index (χ0v) is 16.6. The van der Waals surface area contributed by atoms with Crippen molar-refractivity contribution in [2.24, 2.45) is 10.7 Å². The SMILES string of the molecule is CCCCCCCCN=C(N)NCCc1ccc(CO)cc1.I. The highest BCUT2D eigenvalue weighted by Gasteiger charge is 1.96. The molecule has 0 radical (unpaired) electrons. The molecule has 1 rings (SSSR count). The predicted octanol–water partition coefficient (Wildman–Crippen LogP) is 3.60. The lowest BCUT2D eigenvalue weighted by molar-refractivity contribution is 0.282. The van der Waals surface area contributed by atoms with E-state index in [2.05, 4.69) is 17.2 Å². The number of aliphatic hydroxyl groups excluding tert-OH is 1. The molecule has 0 amide bonds. The second-order valence-electron chi connectivity index (χ2n) is 5.69. The van der Waals surface area contributed by atoms with Crippen molar-refractivity contribution in [2.45, 2.75) is 58.5 Å². The lowest BCUT2D eigenvalue weighted by Crippen LogP contribution is -2.33. The Morgan fingerprint density at radius 1 is 1.04 bits per heavy atom. The van der Waals surface area contributed by atoms with E-state index >= 15 is 0 Å². The summed E-state index contributed by atoms with van der Waals surface area (Å²) in [4.78, 5) is 4.35. The lowest BCUT2D eigenvalue weighted by Gasteiger charge is -2.06. The van der Waals surface area contributed by atoms with Gasteiger partial charge in [-0.3, -0.25) is 4.99 Å². The topological polar surface area (TPSA) is 70.6 Å². The van der Waals surface area contributed by atoms with Gasteiger partial charge >= 0.3 is 0 Å². The predicted molar refractivity (Wildman–Crippen MR) is 109 cm³/mol. The smallest absolute Gasteiger partial charge is 0.188 e. The number of aliphatic hydroxyl groups is 1. The molecule has 0 unspecified atom stereocenters. The molecule has 132 valence electrons. The number of nitrogens with two attached hydrogens (primary N) is 1. The molecular weight excluding hydrogens is 401 g/mol. The minimum Gasteiger partial charge on any atom is -0.392 e. The minimum absolute atomic E-state index is 0. The third kappa shape index (κ3) is 11.4. The first-order valence-corrected chi connectivity index (χ1v) is 8.48. The van der Waals surface area contributed by atoms with Gasteiger partial charge in [-0.05, 0) is 24.0 Å². The fraction of sp³-hybridized carbons (Fsp3) is 0.611. The van der Waals surface area contributed by atoms with Gasteiger partial charge in [-0.25, -0.2) is 0 Å². The summed E-state index contributed by atoms with van der Waals surface area (Å²) in [6.07, 6.45) is 8.54. The average molecular weight is 433 g/mol. The van der Waals surface area contributed by atoms with Crippen LogP contribution in [-0.2, 0) is 13.0 Å². The number of aliphatic imine (C=N–C) groups is 1. The minimum atomic E-state index is 0. The van der Waals surface area contributed by atoms with E-state index in [0.29, 0.717) is 5.96 Å². The molecule has 4 N–H and O–H groups in total. The van der Waals surface area contributed by atoms with Crippen LogP contribution < -0.4 is 11.1 Å². The zero-order chi connectivity index (χ0) is 16.0. The van der Waals surface area contributed by atoms with Crippen molar-refractivity contribution in [1.82, 2.24) is 5.32 Å². The van der Waals surface area contributed by atoms with Gasteiger partial charge in [0, 0.05) is 13.1 Å². The van der Waals surface area contributed by atoms with Crippen LogP contribution in [0.2, 0.25) is 0 Å². The number of halogens is 1. The Bertz CT molecular complexity index is 421. The van der Waals surface area contributed by atoms with Crippen LogP contribution in [0.15, 0.2) is 29.3 Å². The van der Waals surface area contributed by atoms with E-state index < -0.39 is 0 Å². The van der Waals surface area contributed by atoms with Crippen molar-refractivity contribution >= 4 is 29.9 Å². The number of nitrogens with one attached hydrogen (secondary N) is 1. The highest BCUT2D eigenvalue weighted by atomic mass is 127. The Balaban J connectivity index is 0.00000484. The number of nitrogens with zero attached hydrogens (tertiary/aromatic N) is 1. The van der Waals surface area contributed by atoms with E-state index in [0.717, 1.165) is 31.5 Å². The van der Waals surface area contributed by atoms with Crippen molar-refractivity contribution in [1.29, 1.82) is 0 Å². The molecule has 0 bridgehead atoms. The molecule has 0 saturated heterocycles. The largest absolute Gasteiger partial charge is 0.392 e. The summed E-state index contributed by atoms with van der Waals surface area (Å²) >= 11 is 0. The van der Waals surface area contributed by atoms with Gasteiger partial charge in [-0.2, -0.15) is 0 Å². The quantitative estimate of drug-likeness (QED) is 0.216. The molecule has 0 heterocycles. The van der Waals surface area contributed by atoms with Gasteiger partial charge in [0.05, 0.1) is 6.61 Å². The molecule has 0 fully saturated rings. The van der Waals surface area contributed by atoms with E-state index in [9.17, 15) is 0 Å². The summed E-state index contributed by atoms with van der Waals surface area (Å²) in [5, 5.41) is 12.1. The van der Waals surface area contributed by atoms with Gasteiger partial charge in [0.1, 0.15) is 0 Å². The van der Waals surface area contributed by atoms with E-state index in [1.807, 2.05) is 24.3 Å². The number of benzene rings is 1. The van der Waals surface area contributed by atoms with E-state index in [-0.39, 0.29) is 30.6 Å². The van der Waals surface area contributed by atoms with Gasteiger partial charge in [-0.15, -0.1) is 24.0 Å². The van der Waals surface area contributed by atoms with Crippen LogP contribution in [0.3, 0.4) is 0 Å². The number of rotatable bonds is 11. The third-order valence-electron chi connectivity index (χ3n) is 3.72. The van der Waals surface area contributed by atoms with Crippen LogP contribution in [0, 0.1) is 0 Å². The maximum absolute atomic E-state index is 9.00. The standard InChI is InChI=1S/C18H31N3O.HI/c1-2-3-4-5-6-7-13-20-18(19)21-14-12-16-8-10-17(15-22)11-9-16;/h8-11,22H,2-7,12-15H2,1H3,(H3,19,20,21);1H. The van der Waals surface area contributed by atoms with Crippen LogP contribution in [-0.4, -0.2) is 24.2 Å². The first-order chi connectivity index (χ1) is 10.8. The van der Waals surface area contributed by atoms with Crippen LogP contribution in [0.5, 0.6) is 0 Å². The van der Waals surface area contributed by atoms with Gasteiger partial charge in [0.15, 0.2) is 5.96 Å². The van der Waals surface area contributed by atoms with Crippen LogP contribution in [0.25, 0.3) is 0 Å². The molecule has 0 spiro atoms. The van der Waals surface area contributed by atoms with Crippen LogP contribution in [0.1, 0.15) is 56.6 Å². The Morgan fingerprint density at radius 3 is 2.30 bits per heavy atom. The second-order valence-corrected chi connectivity index (χ2v) is 5.69. The van der Waals surface area contributed by atoms with E-state index in [1.54, 1.807) is 0 Å². The van der Waals surface area contributed by atoms with E-state index in [4.69, 9.17) is 10.8 Å². The summed E-state index contributed by atoms with van der Waals surface area (Å²) in [6.45, 7) is 3.93. The highest BCUT2D eigenvalue weighted by molar-refractivity contribution is 14.0. The van der Waals surface area contributed by atoms with E-state index in [1.165, 1.54) is 37.7 Å². The Labute approximate surface area is 158 Å². The summed E-state index contributed by atoms with van der Waals surface area (Å²) in [5.74, 6) is 0.542. The lowest BCUT2D eigenvalue weighted by atomic mass is 10.1. The summed E-state index contributed by atoms with van der Waals surface area (Å²) < 4.78 is 0. The molecular formula is C18H32IN3O. The number of guanidine groups is 1. The van der Waals surface area contributed by atoms with Crippen LogP contribution in [0.4, 0.5) is 0 Å². The Kier molecular flexibility index (Phi) is 14.2. The van der Waals surface area contributed by atoms with Crippen molar-refractivity contribution in [3.05, 3.63) is 35.4 Å². The number of hydrogen-bond acceptors (Lipinski definition) is 2. The molecule has 0 aliphatic rings. The maximum Gasteiger partial charge on any atom is 0.188 e. The fourth-order valence-electron chi connectivity index (χ4n) is 2.29. The fourth-order valence-corrected chi connectivity index (χ4v) is 2.29. The molecule has 0 aliphatic carbocycles. The van der Waals surface area contributed by atoms with Gasteiger partial charge in [0.25, 0.3) is 0 Å². The molecule has 1 aromatic carbocycles. The van der Waals surface area contributed by atoms with Crippen molar-refractivity contribution in [3.8, 4) is 0 Å². The molecule has 5 heteroatoms. The molecule has 1 aromatic rings. The summed E-state index contributed by atoms with van der Waals surface area (Å²) in [5.41, 5.74) is 8.02. The molecule has 23 heavy (non-hydrogen) atoms. The van der Waals surface area contributed by atoms with Gasteiger partial charge in [0.2, 0.25) is 0 Å². The van der Waals surface area contributed by atoms with Gasteiger partial charge in [-0.1, -0.05) is 63.3 Å². The third-order valence-corrected chi connectivity index (χ3v) is 3.72. The second kappa shape index (κ2) is 14.8. The maximum atomic E-state index is 9.00. The molecule has 0 aliphatic heterocycles. The van der Waals surface area contributed by atoms with Crippen molar-refractivity contribution in [3.63, 3.8) is 0 Å². The summed E-state index contributed by atoms with van der Waals surface area (Å²) in [6, 6.07) is 7.98. The molecule has 0 aromatic heterocycles. The Hall–Kier alpha value is -0.820. The normalized spacial score (nSPS) is 11.1. The molecule has 0 atom stereocenters. The first kappa shape index (κ1) is 22.2. The summed E-state index contributed by atoms with van der Waals surface area (Å²) in [7, 11) is 0. The molecule has 4 nitrogen and oxygen atoms in total. The molecule has 0 saturated carbocycles. The Morgan fingerprint density at radius 2 is 1.65 bits per heavy atom. The zero-order valence-electron chi connectivity index (χ0n) is 14.3. The van der Waals surface area contributed by atoms with Crippen LogP contribution >= 0.6 is 24.0 Å².